The number of nitrogens with zero attached hydrogens (tertiary/aromatic N) is 2. The lowest BCUT2D eigenvalue weighted by Crippen LogP contribution is -2.15. The van der Waals surface area contributed by atoms with E-state index in [1.54, 1.807) is 6.33 Å². The van der Waals surface area contributed by atoms with Crippen LogP contribution in [0.2, 0.25) is 0 Å². The smallest absolute Gasteiger partial charge is 0.116 e. The van der Waals surface area contributed by atoms with Crippen LogP contribution in [0.4, 0.5) is 0 Å². The van der Waals surface area contributed by atoms with Gasteiger partial charge in [0.05, 0.1) is 5.52 Å². The van der Waals surface area contributed by atoms with Crippen molar-refractivity contribution in [3.63, 3.8) is 0 Å². The third-order valence-electron chi connectivity index (χ3n) is 4.21. The van der Waals surface area contributed by atoms with Crippen LogP contribution in [0.1, 0.15) is 25.0 Å². The molecule has 0 saturated heterocycles. The van der Waals surface area contributed by atoms with Crippen molar-refractivity contribution in [2.75, 3.05) is 0 Å². The Morgan fingerprint density at radius 2 is 1.79 bits per heavy atom. The minimum absolute atomic E-state index is 0.0101. The summed E-state index contributed by atoms with van der Waals surface area (Å²) in [6.45, 7) is 4.56. The molecule has 2 heteroatoms. The van der Waals surface area contributed by atoms with Gasteiger partial charge >= 0.3 is 0 Å². The molecule has 92 valence electrons. The first-order valence-corrected chi connectivity index (χ1v) is 6.52. The Morgan fingerprint density at radius 3 is 2.68 bits per heavy atom. The summed E-state index contributed by atoms with van der Waals surface area (Å²) in [4.78, 5) is 8.58. The van der Waals surface area contributed by atoms with Gasteiger partial charge < -0.3 is 0 Å². The van der Waals surface area contributed by atoms with E-state index in [2.05, 4.69) is 60.2 Å². The van der Waals surface area contributed by atoms with E-state index in [0.717, 1.165) is 5.52 Å². The average Bonchev–Trinajstić information content (AvgIpc) is 2.68. The molecule has 0 aliphatic heterocycles. The van der Waals surface area contributed by atoms with Crippen LogP contribution in [0.25, 0.3) is 22.0 Å². The molecule has 1 aliphatic rings. The Labute approximate surface area is 112 Å². The van der Waals surface area contributed by atoms with E-state index in [-0.39, 0.29) is 5.41 Å². The van der Waals surface area contributed by atoms with Crippen molar-refractivity contribution in [3.05, 3.63) is 60.0 Å². The molecular weight excluding hydrogens is 232 g/mol. The third kappa shape index (κ3) is 1.26. The number of benzene rings is 2. The highest BCUT2D eigenvalue weighted by Crippen LogP contribution is 2.50. The van der Waals surface area contributed by atoms with Crippen molar-refractivity contribution in [1.82, 2.24) is 9.97 Å². The highest BCUT2D eigenvalue weighted by atomic mass is 14.8. The molecular formula is C17H14N2. The van der Waals surface area contributed by atoms with Crippen LogP contribution in [0.5, 0.6) is 0 Å². The summed E-state index contributed by atoms with van der Waals surface area (Å²) >= 11 is 0. The molecule has 0 unspecified atom stereocenters. The summed E-state index contributed by atoms with van der Waals surface area (Å²) < 4.78 is 0. The Morgan fingerprint density at radius 1 is 0.947 bits per heavy atom. The summed E-state index contributed by atoms with van der Waals surface area (Å²) in [6, 6.07) is 12.9. The highest BCUT2D eigenvalue weighted by Gasteiger charge is 2.36. The molecule has 1 aromatic heterocycles. The monoisotopic (exact) mass is 246 g/mol. The van der Waals surface area contributed by atoms with Gasteiger partial charge in [0, 0.05) is 17.0 Å². The second kappa shape index (κ2) is 3.41. The minimum Gasteiger partial charge on any atom is -0.244 e. The average molecular weight is 246 g/mol. The number of hydrogen-bond donors (Lipinski definition) is 0. The van der Waals surface area contributed by atoms with E-state index in [0.29, 0.717) is 0 Å². The highest BCUT2D eigenvalue weighted by molar-refractivity contribution is 5.95. The zero-order chi connectivity index (χ0) is 13.0. The van der Waals surface area contributed by atoms with Crippen molar-refractivity contribution >= 4 is 10.9 Å². The topological polar surface area (TPSA) is 25.8 Å². The van der Waals surface area contributed by atoms with Crippen molar-refractivity contribution < 1.29 is 0 Å². The van der Waals surface area contributed by atoms with E-state index < -0.39 is 0 Å². The maximum atomic E-state index is 4.38. The summed E-state index contributed by atoms with van der Waals surface area (Å²) in [5, 5.41) is 1.17. The molecule has 0 atom stereocenters. The SMILES string of the molecule is CC1(C)c2ccccc2-c2ccc3ncncc3c21. The first-order chi connectivity index (χ1) is 9.19. The first-order valence-electron chi connectivity index (χ1n) is 6.52. The Hall–Kier alpha value is -2.22. The van der Waals surface area contributed by atoms with Crippen molar-refractivity contribution in [1.29, 1.82) is 0 Å². The van der Waals surface area contributed by atoms with Crippen molar-refractivity contribution in [2.24, 2.45) is 0 Å². The predicted octanol–water partition coefficient (Wildman–Crippen LogP) is 3.94. The van der Waals surface area contributed by atoms with Crippen LogP contribution in [0, 0.1) is 0 Å². The fourth-order valence-electron chi connectivity index (χ4n) is 3.35. The number of aromatic nitrogens is 2. The van der Waals surface area contributed by atoms with Gasteiger partial charge in [-0.3, -0.25) is 0 Å². The van der Waals surface area contributed by atoms with Crippen molar-refractivity contribution in [2.45, 2.75) is 19.3 Å². The Balaban J connectivity index is 2.20. The second-order valence-electron chi connectivity index (χ2n) is 5.61. The molecule has 4 rings (SSSR count). The van der Waals surface area contributed by atoms with E-state index in [9.17, 15) is 0 Å². The second-order valence-corrected chi connectivity index (χ2v) is 5.61. The zero-order valence-corrected chi connectivity index (χ0v) is 11.0. The zero-order valence-electron chi connectivity index (χ0n) is 11.0. The van der Waals surface area contributed by atoms with E-state index >= 15 is 0 Å². The van der Waals surface area contributed by atoms with E-state index in [1.807, 2.05) is 6.20 Å². The fourth-order valence-corrected chi connectivity index (χ4v) is 3.35. The molecule has 1 heterocycles. The standard InChI is InChI=1S/C17H14N2/c1-17(2)14-6-4-3-5-11(14)12-7-8-15-13(16(12)17)9-18-10-19-15/h3-10H,1-2H3. The summed E-state index contributed by atoms with van der Waals surface area (Å²) in [6.07, 6.45) is 3.55. The van der Waals surface area contributed by atoms with Crippen LogP contribution in [-0.2, 0) is 5.41 Å². The van der Waals surface area contributed by atoms with Gasteiger partial charge in [0.25, 0.3) is 0 Å². The molecule has 0 bridgehead atoms. The lowest BCUT2D eigenvalue weighted by Gasteiger charge is -2.22. The van der Waals surface area contributed by atoms with Gasteiger partial charge in [0.2, 0.25) is 0 Å². The molecule has 0 radical (unpaired) electrons. The molecule has 0 saturated carbocycles. The lowest BCUT2D eigenvalue weighted by molar-refractivity contribution is 0.666. The van der Waals surface area contributed by atoms with E-state index in [4.69, 9.17) is 0 Å². The molecule has 2 nitrogen and oxygen atoms in total. The molecule has 0 amide bonds. The van der Waals surface area contributed by atoms with Crippen molar-refractivity contribution in [3.8, 4) is 11.1 Å². The molecule has 1 aliphatic carbocycles. The molecule has 0 spiro atoms. The summed E-state index contributed by atoms with van der Waals surface area (Å²) in [5.74, 6) is 0. The van der Waals surface area contributed by atoms with Gasteiger partial charge in [-0.15, -0.1) is 0 Å². The first kappa shape index (κ1) is 10.7. The molecule has 0 fully saturated rings. The van der Waals surface area contributed by atoms with E-state index in [1.165, 1.54) is 27.6 Å². The Kier molecular flexibility index (Phi) is 1.92. The lowest BCUT2D eigenvalue weighted by atomic mass is 9.81. The summed E-state index contributed by atoms with van der Waals surface area (Å²) in [7, 11) is 0. The molecule has 0 N–H and O–H groups in total. The van der Waals surface area contributed by atoms with Gasteiger partial charge in [0.15, 0.2) is 0 Å². The molecule has 2 aromatic carbocycles. The number of fused-ring (bicyclic) bond motifs is 5. The van der Waals surface area contributed by atoms with Gasteiger partial charge in [-0.1, -0.05) is 44.2 Å². The van der Waals surface area contributed by atoms with Gasteiger partial charge in [-0.25, -0.2) is 9.97 Å². The maximum Gasteiger partial charge on any atom is 0.116 e. The third-order valence-corrected chi connectivity index (χ3v) is 4.21. The van der Waals surface area contributed by atoms with Crippen LogP contribution in [0.15, 0.2) is 48.9 Å². The number of hydrogen-bond acceptors (Lipinski definition) is 2. The van der Waals surface area contributed by atoms with Crippen LogP contribution >= 0.6 is 0 Å². The fraction of sp³-hybridized carbons (Fsp3) is 0.176. The van der Waals surface area contributed by atoms with Gasteiger partial charge in [-0.2, -0.15) is 0 Å². The summed E-state index contributed by atoms with van der Waals surface area (Å²) in [5.41, 5.74) is 6.44. The Bertz CT molecular complexity index is 803. The molecule has 19 heavy (non-hydrogen) atoms. The van der Waals surface area contributed by atoms with Crippen LogP contribution in [-0.4, -0.2) is 9.97 Å². The minimum atomic E-state index is 0.0101. The largest absolute Gasteiger partial charge is 0.244 e. The molecule has 3 aromatic rings. The van der Waals surface area contributed by atoms with Crippen LogP contribution < -0.4 is 0 Å². The predicted molar refractivity (Wildman–Crippen MR) is 77.1 cm³/mol. The van der Waals surface area contributed by atoms with Gasteiger partial charge in [-0.05, 0) is 28.3 Å². The van der Waals surface area contributed by atoms with Crippen LogP contribution in [0.3, 0.4) is 0 Å². The quantitative estimate of drug-likeness (QED) is 0.600. The number of rotatable bonds is 0. The van der Waals surface area contributed by atoms with Gasteiger partial charge in [0.1, 0.15) is 6.33 Å². The maximum absolute atomic E-state index is 4.38. The normalized spacial score (nSPS) is 15.3.